The van der Waals surface area contributed by atoms with E-state index in [4.69, 9.17) is 0 Å². The molecule has 5 heteroatoms. The van der Waals surface area contributed by atoms with Gasteiger partial charge in [0, 0.05) is 5.30 Å². The summed E-state index contributed by atoms with van der Waals surface area (Å²) >= 11 is 0. The molecular weight excluding hydrogens is 459 g/mol. The molecule has 0 amide bonds. The highest BCUT2D eigenvalue weighted by Gasteiger charge is 2.40. The lowest BCUT2D eigenvalue weighted by molar-refractivity contribution is 0.484. The van der Waals surface area contributed by atoms with Crippen molar-refractivity contribution >= 4 is 23.3 Å². The van der Waals surface area contributed by atoms with Gasteiger partial charge in [0.25, 0.3) is 10.1 Å². The Labute approximate surface area is 210 Å². The second-order valence-electron chi connectivity index (χ2n) is 12.3. The topological polar surface area (TPSA) is 54.4 Å². The maximum Gasteiger partial charge on any atom is 0.295 e. The molecule has 1 N–H and O–H groups in total. The van der Waals surface area contributed by atoms with Gasteiger partial charge < -0.3 is 0 Å². The Morgan fingerprint density at radius 2 is 1.21 bits per heavy atom. The van der Waals surface area contributed by atoms with Crippen molar-refractivity contribution in [2.45, 2.75) is 116 Å². The van der Waals surface area contributed by atoms with Crippen molar-refractivity contribution in [1.82, 2.24) is 0 Å². The summed E-state index contributed by atoms with van der Waals surface area (Å²) in [5, 5.41) is 0.453. The Morgan fingerprint density at radius 3 is 1.53 bits per heavy atom. The van der Waals surface area contributed by atoms with Crippen molar-refractivity contribution in [3.63, 3.8) is 0 Å². The van der Waals surface area contributed by atoms with Gasteiger partial charge in [0.1, 0.15) is 4.90 Å². The quantitative estimate of drug-likeness (QED) is 0.316. The predicted octanol–water partition coefficient (Wildman–Crippen LogP) is 8.67. The first kappa shape index (κ1) is 29.0. The zero-order valence-electron chi connectivity index (χ0n) is 23.2. The molecule has 0 aliphatic carbocycles. The van der Waals surface area contributed by atoms with Crippen molar-refractivity contribution in [3.8, 4) is 11.1 Å². The molecule has 0 aliphatic rings. The molecule has 0 unspecified atom stereocenters. The van der Waals surface area contributed by atoms with E-state index in [2.05, 4.69) is 101 Å². The van der Waals surface area contributed by atoms with Crippen molar-refractivity contribution in [2.24, 2.45) is 0 Å². The third-order valence-corrected chi connectivity index (χ3v) is 10.9. The molecule has 0 fully saturated rings. The lowest BCUT2D eigenvalue weighted by Gasteiger charge is -2.43. The zero-order chi connectivity index (χ0) is 26.4. The van der Waals surface area contributed by atoms with Gasteiger partial charge in [0.05, 0.1) is 0 Å². The van der Waals surface area contributed by atoms with Gasteiger partial charge >= 0.3 is 0 Å². The van der Waals surface area contributed by atoms with Crippen LogP contribution in [0.5, 0.6) is 0 Å². The highest BCUT2D eigenvalue weighted by atomic mass is 32.2. The van der Waals surface area contributed by atoms with Gasteiger partial charge in [-0.3, -0.25) is 4.55 Å². The Bertz CT molecular complexity index is 1090. The molecule has 0 atom stereocenters. The molecule has 2 aromatic rings. The molecule has 0 saturated carbocycles. The third kappa shape index (κ3) is 6.12. The van der Waals surface area contributed by atoms with E-state index in [9.17, 15) is 13.0 Å². The average Bonchev–Trinajstić information content (AvgIpc) is 2.63. The summed E-state index contributed by atoms with van der Waals surface area (Å²) in [5.41, 5.74) is 5.87. The second-order valence-corrected chi connectivity index (χ2v) is 17.5. The van der Waals surface area contributed by atoms with Crippen molar-refractivity contribution < 1.29 is 13.0 Å². The molecule has 0 saturated heterocycles. The summed E-state index contributed by atoms with van der Waals surface area (Å²) in [6.07, 6.45) is 0. The van der Waals surface area contributed by atoms with Crippen LogP contribution >= 0.6 is 7.92 Å². The lowest BCUT2D eigenvalue weighted by atomic mass is 9.82. The summed E-state index contributed by atoms with van der Waals surface area (Å²) in [4.78, 5) is 0.0540. The first-order valence-electron chi connectivity index (χ1n) is 12.4. The van der Waals surface area contributed by atoms with Crippen LogP contribution in [-0.4, -0.2) is 23.3 Å². The number of rotatable bonds is 6. The molecule has 0 radical (unpaired) electrons. The third-order valence-electron chi connectivity index (χ3n) is 6.24. The Hall–Kier alpha value is -1.22. The Morgan fingerprint density at radius 1 is 0.765 bits per heavy atom. The molecule has 3 nitrogen and oxygen atoms in total. The van der Waals surface area contributed by atoms with E-state index in [-0.39, 0.29) is 27.0 Å². The van der Waals surface area contributed by atoms with Gasteiger partial charge in [-0.1, -0.05) is 115 Å². The van der Waals surface area contributed by atoms with Gasteiger partial charge in [-0.15, -0.1) is 0 Å². The molecule has 0 heterocycles. The summed E-state index contributed by atoms with van der Waals surface area (Å²) < 4.78 is 35.9. The van der Waals surface area contributed by atoms with E-state index < -0.39 is 18.0 Å². The van der Waals surface area contributed by atoms with Gasteiger partial charge in [-0.05, 0) is 61.9 Å². The van der Waals surface area contributed by atoms with E-state index in [0.29, 0.717) is 5.92 Å². The maximum atomic E-state index is 12.7. The number of benzene rings is 2. The fourth-order valence-corrected chi connectivity index (χ4v) is 10.4. The summed E-state index contributed by atoms with van der Waals surface area (Å²) in [5.74, 6) is 0.932. The van der Waals surface area contributed by atoms with Crippen LogP contribution in [0.3, 0.4) is 0 Å². The molecular formula is C29H45O3PS. The van der Waals surface area contributed by atoms with Crippen molar-refractivity contribution in [3.05, 3.63) is 47.0 Å². The van der Waals surface area contributed by atoms with Crippen LogP contribution in [0.2, 0.25) is 0 Å². The van der Waals surface area contributed by atoms with Crippen molar-refractivity contribution in [1.29, 1.82) is 0 Å². The van der Waals surface area contributed by atoms with Crippen LogP contribution in [0.15, 0.2) is 35.2 Å². The van der Waals surface area contributed by atoms with E-state index in [1.165, 1.54) is 16.7 Å². The number of hydrogen-bond donors (Lipinski definition) is 1. The minimum atomic E-state index is -4.40. The lowest BCUT2D eigenvalue weighted by Crippen LogP contribution is -2.34. The molecule has 2 rings (SSSR count). The minimum Gasteiger partial charge on any atom is -0.282 e. The fraction of sp³-hybridized carbons (Fsp3) is 0.586. The Kier molecular flexibility index (Phi) is 8.56. The van der Waals surface area contributed by atoms with E-state index in [1.807, 2.05) is 0 Å². The molecule has 0 spiro atoms. The summed E-state index contributed by atoms with van der Waals surface area (Å²) in [6, 6.07) is 10.0. The van der Waals surface area contributed by atoms with Gasteiger partial charge in [0.2, 0.25) is 0 Å². The highest BCUT2D eigenvalue weighted by molar-refractivity contribution is 7.87. The molecule has 34 heavy (non-hydrogen) atoms. The van der Waals surface area contributed by atoms with E-state index >= 15 is 0 Å². The SMILES string of the molecule is CC(C)c1cc(C(C)C)c(-c2cccc(S(=O)(=O)O)c2P(C(C)(C)C)C(C)(C)C)c(C(C)C)c1. The summed E-state index contributed by atoms with van der Waals surface area (Å²) in [7, 11) is -5.39. The van der Waals surface area contributed by atoms with Crippen LogP contribution < -0.4 is 5.30 Å². The average molecular weight is 505 g/mol. The van der Waals surface area contributed by atoms with E-state index in [0.717, 1.165) is 16.4 Å². The predicted molar refractivity (Wildman–Crippen MR) is 150 cm³/mol. The fourth-order valence-electron chi connectivity index (χ4n) is 5.11. The second kappa shape index (κ2) is 10.0. The van der Waals surface area contributed by atoms with Crippen LogP contribution in [-0.2, 0) is 10.1 Å². The Balaban J connectivity index is 3.22. The minimum absolute atomic E-state index is 0.0540. The first-order valence-corrected chi connectivity index (χ1v) is 15.2. The van der Waals surface area contributed by atoms with Gasteiger partial charge in [-0.25, -0.2) is 0 Å². The summed E-state index contributed by atoms with van der Waals surface area (Å²) in [6.45, 7) is 26.3. The normalized spacial score (nSPS) is 13.6. The highest BCUT2D eigenvalue weighted by Crippen LogP contribution is 2.60. The van der Waals surface area contributed by atoms with Crippen LogP contribution in [0, 0.1) is 0 Å². The van der Waals surface area contributed by atoms with Crippen LogP contribution in [0.4, 0.5) is 0 Å². The smallest absolute Gasteiger partial charge is 0.282 e. The molecule has 0 aliphatic heterocycles. The first-order chi connectivity index (χ1) is 15.3. The molecule has 0 aromatic heterocycles. The number of hydrogen-bond acceptors (Lipinski definition) is 2. The van der Waals surface area contributed by atoms with Crippen LogP contribution in [0.25, 0.3) is 11.1 Å². The van der Waals surface area contributed by atoms with Crippen molar-refractivity contribution in [2.75, 3.05) is 0 Å². The van der Waals surface area contributed by atoms with Gasteiger partial charge in [0.15, 0.2) is 0 Å². The molecule has 0 bridgehead atoms. The largest absolute Gasteiger partial charge is 0.295 e. The zero-order valence-corrected chi connectivity index (χ0v) is 24.9. The molecule has 190 valence electrons. The van der Waals surface area contributed by atoms with Gasteiger partial charge in [-0.2, -0.15) is 8.42 Å². The monoisotopic (exact) mass is 504 g/mol. The van der Waals surface area contributed by atoms with E-state index in [1.54, 1.807) is 12.1 Å². The molecule has 2 aromatic carbocycles. The van der Waals surface area contributed by atoms with Crippen LogP contribution in [0.1, 0.15) is 118 Å². The standard InChI is InChI=1S/C29H45O3PS/c1-18(2)21-16-23(19(3)4)26(24(17-21)20(5)6)22-14-13-15-25(34(30,31)32)27(22)33(28(7,8)9)29(10,11)12/h13-20H,1-12H3,(H,30,31,32). The maximum absolute atomic E-state index is 12.7.